The Balaban J connectivity index is 1.28. The van der Waals surface area contributed by atoms with Crippen LogP contribution in [0.4, 0.5) is 0 Å². The summed E-state index contributed by atoms with van der Waals surface area (Å²) in [5, 5.41) is 4.46. The maximum Gasteiger partial charge on any atom is 0.0472 e. The number of hydrogen-bond donors (Lipinski definition) is 0. The lowest BCUT2D eigenvalue weighted by molar-refractivity contribution is -0.0259. The molecule has 3 aromatic rings. The molecule has 5 heteroatoms. The maximum atomic E-state index is 4.15. The average Bonchev–Trinajstić information content (AvgIpc) is 3.28. The Kier molecular flexibility index (Phi) is 6.23. The van der Waals surface area contributed by atoms with Crippen molar-refractivity contribution in [1.82, 2.24) is 14.8 Å². The molecule has 156 valence electrons. The lowest BCUT2D eigenvalue weighted by atomic mass is 9.70. The van der Waals surface area contributed by atoms with Crippen molar-refractivity contribution in [2.24, 2.45) is 0 Å². The molecule has 3 nitrogen and oxygen atoms in total. The number of thiophene rings is 1. The van der Waals surface area contributed by atoms with Crippen LogP contribution in [0, 0.1) is 0 Å². The zero-order chi connectivity index (χ0) is 20.2. The number of rotatable bonds is 7. The van der Waals surface area contributed by atoms with Crippen molar-refractivity contribution < 1.29 is 0 Å². The number of nitrogens with zero attached hydrogens (tertiary/aromatic N) is 3. The standard InChI is InChI=1S/C25H29N3S2/c1-2-5-24(30-20-22-8-17-29-19-22)23(4-1)25(9-3-10-25)28-15-13-27(14-16-28)18-21-6-11-26-12-7-21/h1-2,4-8,11-12,17,19H,3,9-10,13-16,18,20H2. The minimum absolute atomic E-state index is 0.251. The topological polar surface area (TPSA) is 19.4 Å². The third-order valence-corrected chi connectivity index (χ3v) is 8.55. The smallest absolute Gasteiger partial charge is 0.0472 e. The number of pyridine rings is 1. The van der Waals surface area contributed by atoms with Gasteiger partial charge >= 0.3 is 0 Å². The number of hydrogen-bond acceptors (Lipinski definition) is 5. The van der Waals surface area contributed by atoms with Gasteiger partial charge in [0.05, 0.1) is 0 Å². The Labute approximate surface area is 188 Å². The normalized spacial score (nSPS) is 19.5. The zero-order valence-electron chi connectivity index (χ0n) is 17.4. The first-order valence-corrected chi connectivity index (χ1v) is 12.9. The van der Waals surface area contributed by atoms with Crippen LogP contribution in [0.25, 0.3) is 0 Å². The van der Waals surface area contributed by atoms with E-state index in [0.29, 0.717) is 0 Å². The van der Waals surface area contributed by atoms with Crippen LogP contribution in [0.5, 0.6) is 0 Å². The van der Waals surface area contributed by atoms with E-state index in [9.17, 15) is 0 Å². The van der Waals surface area contributed by atoms with Crippen molar-refractivity contribution >= 4 is 23.1 Å². The van der Waals surface area contributed by atoms with E-state index < -0.39 is 0 Å². The minimum atomic E-state index is 0.251. The second-order valence-electron chi connectivity index (χ2n) is 8.42. The van der Waals surface area contributed by atoms with Gasteiger partial charge in [0, 0.05) is 61.3 Å². The van der Waals surface area contributed by atoms with Crippen LogP contribution in [-0.2, 0) is 17.8 Å². The van der Waals surface area contributed by atoms with Crippen molar-refractivity contribution in [2.75, 3.05) is 26.2 Å². The van der Waals surface area contributed by atoms with Crippen LogP contribution in [0.15, 0.2) is 70.5 Å². The fourth-order valence-corrected chi connectivity index (χ4v) is 6.72. The SMILES string of the molecule is c1ccc(C2(N3CCN(Cc4ccncc4)CC3)CCC2)c(SCc2ccsc2)c1. The predicted octanol–water partition coefficient (Wildman–Crippen LogP) is 5.63. The highest BCUT2D eigenvalue weighted by atomic mass is 32.2. The summed E-state index contributed by atoms with van der Waals surface area (Å²) in [6.45, 7) is 5.66. The lowest BCUT2D eigenvalue weighted by Gasteiger charge is -2.54. The average molecular weight is 436 g/mol. The molecule has 1 aromatic carbocycles. The zero-order valence-corrected chi connectivity index (χ0v) is 19.0. The van der Waals surface area contributed by atoms with E-state index in [0.717, 1.165) is 38.5 Å². The number of piperazine rings is 1. The van der Waals surface area contributed by atoms with Crippen LogP contribution in [0.3, 0.4) is 0 Å². The molecule has 1 aliphatic carbocycles. The van der Waals surface area contributed by atoms with Crippen molar-refractivity contribution in [3.8, 4) is 0 Å². The fraction of sp³-hybridized carbons (Fsp3) is 0.400. The Morgan fingerprint density at radius 1 is 0.933 bits per heavy atom. The molecule has 1 saturated heterocycles. The second kappa shape index (κ2) is 9.23. The molecule has 3 heterocycles. The largest absolute Gasteiger partial charge is 0.297 e. The van der Waals surface area contributed by atoms with Crippen molar-refractivity contribution in [1.29, 1.82) is 0 Å². The summed E-state index contributed by atoms with van der Waals surface area (Å²) < 4.78 is 0. The molecular formula is C25H29N3S2. The fourth-order valence-electron chi connectivity index (χ4n) is 4.86. The molecule has 5 rings (SSSR count). The highest BCUT2D eigenvalue weighted by Crippen LogP contribution is 2.50. The molecule has 30 heavy (non-hydrogen) atoms. The van der Waals surface area contributed by atoms with E-state index in [1.54, 1.807) is 16.9 Å². The van der Waals surface area contributed by atoms with Crippen molar-refractivity contribution in [3.05, 3.63) is 82.3 Å². The molecule has 2 fully saturated rings. The molecule has 0 bridgehead atoms. The van der Waals surface area contributed by atoms with Gasteiger partial charge in [-0.15, -0.1) is 11.8 Å². The molecule has 1 aliphatic heterocycles. The van der Waals surface area contributed by atoms with E-state index in [1.807, 2.05) is 24.2 Å². The van der Waals surface area contributed by atoms with Crippen LogP contribution < -0.4 is 0 Å². The monoisotopic (exact) mass is 435 g/mol. The second-order valence-corrected chi connectivity index (χ2v) is 10.2. The first-order valence-electron chi connectivity index (χ1n) is 10.9. The molecule has 1 saturated carbocycles. The van der Waals surface area contributed by atoms with Gasteiger partial charge in [0.25, 0.3) is 0 Å². The van der Waals surface area contributed by atoms with Gasteiger partial charge in [-0.25, -0.2) is 0 Å². The summed E-state index contributed by atoms with van der Waals surface area (Å²) in [5.74, 6) is 1.07. The van der Waals surface area contributed by atoms with Gasteiger partial charge in [-0.3, -0.25) is 14.8 Å². The molecule has 0 N–H and O–H groups in total. The Hall–Kier alpha value is -1.66. The summed E-state index contributed by atoms with van der Waals surface area (Å²) in [7, 11) is 0. The summed E-state index contributed by atoms with van der Waals surface area (Å²) in [5.41, 5.74) is 4.62. The van der Waals surface area contributed by atoms with E-state index in [1.165, 1.54) is 35.3 Å². The first-order chi connectivity index (χ1) is 14.8. The molecular weight excluding hydrogens is 406 g/mol. The van der Waals surface area contributed by atoms with Gasteiger partial charge in [-0.05, 0) is 71.0 Å². The van der Waals surface area contributed by atoms with Crippen molar-refractivity contribution in [2.45, 2.75) is 42.0 Å². The van der Waals surface area contributed by atoms with E-state index in [4.69, 9.17) is 0 Å². The Morgan fingerprint density at radius 2 is 1.73 bits per heavy atom. The first kappa shape index (κ1) is 20.3. The highest BCUT2D eigenvalue weighted by Gasteiger charge is 2.45. The molecule has 2 aliphatic rings. The summed E-state index contributed by atoms with van der Waals surface area (Å²) in [4.78, 5) is 11.0. The van der Waals surface area contributed by atoms with Gasteiger partial charge < -0.3 is 0 Å². The van der Waals surface area contributed by atoms with E-state index in [2.05, 4.69) is 68.0 Å². The van der Waals surface area contributed by atoms with E-state index >= 15 is 0 Å². The number of benzene rings is 1. The molecule has 0 atom stereocenters. The van der Waals surface area contributed by atoms with Gasteiger partial charge in [0.2, 0.25) is 0 Å². The molecule has 0 radical (unpaired) electrons. The molecule has 2 aromatic heterocycles. The summed E-state index contributed by atoms with van der Waals surface area (Å²) in [6, 6.07) is 15.7. The third-order valence-electron chi connectivity index (χ3n) is 6.68. The van der Waals surface area contributed by atoms with Gasteiger partial charge in [-0.2, -0.15) is 11.3 Å². The predicted molar refractivity (Wildman–Crippen MR) is 127 cm³/mol. The van der Waals surface area contributed by atoms with Crippen molar-refractivity contribution in [3.63, 3.8) is 0 Å². The third kappa shape index (κ3) is 4.22. The Bertz CT molecular complexity index is 930. The maximum absolute atomic E-state index is 4.15. The Morgan fingerprint density at radius 3 is 2.43 bits per heavy atom. The van der Waals surface area contributed by atoms with Gasteiger partial charge in [0.1, 0.15) is 0 Å². The van der Waals surface area contributed by atoms with Crippen LogP contribution in [0.2, 0.25) is 0 Å². The van der Waals surface area contributed by atoms with Crippen LogP contribution in [0.1, 0.15) is 36.0 Å². The molecule has 0 amide bonds. The van der Waals surface area contributed by atoms with Gasteiger partial charge in [0.15, 0.2) is 0 Å². The van der Waals surface area contributed by atoms with Crippen LogP contribution >= 0.6 is 23.1 Å². The molecule has 0 spiro atoms. The minimum Gasteiger partial charge on any atom is -0.297 e. The summed E-state index contributed by atoms with van der Waals surface area (Å²) in [6.07, 6.45) is 7.75. The lowest BCUT2D eigenvalue weighted by Crippen LogP contribution is -2.58. The van der Waals surface area contributed by atoms with Gasteiger partial charge in [-0.1, -0.05) is 18.2 Å². The summed E-state index contributed by atoms with van der Waals surface area (Å²) >= 11 is 3.80. The number of thioether (sulfide) groups is 1. The highest BCUT2D eigenvalue weighted by molar-refractivity contribution is 7.98. The molecule has 0 unspecified atom stereocenters. The van der Waals surface area contributed by atoms with Crippen LogP contribution in [-0.4, -0.2) is 41.0 Å². The number of aromatic nitrogens is 1. The quantitative estimate of drug-likeness (QED) is 0.448. The van der Waals surface area contributed by atoms with E-state index in [-0.39, 0.29) is 5.54 Å².